The quantitative estimate of drug-likeness (QED) is 0.348. The number of allylic oxidation sites excluding steroid dienone is 1. The highest BCUT2D eigenvalue weighted by Gasteiger charge is 2.37. The fourth-order valence-corrected chi connectivity index (χ4v) is 2.01. The molecule has 2 nitrogen and oxygen atoms in total. The van der Waals surface area contributed by atoms with E-state index in [9.17, 15) is 4.79 Å². The van der Waals surface area contributed by atoms with E-state index in [4.69, 9.17) is 4.74 Å². The van der Waals surface area contributed by atoms with Gasteiger partial charge in [0.2, 0.25) is 0 Å². The van der Waals surface area contributed by atoms with Crippen LogP contribution in [0.5, 0.6) is 0 Å². The molecule has 0 radical (unpaired) electrons. The maximum Gasteiger partial charge on any atom is 0.312 e. The number of ether oxygens (including phenoxy) is 1. The first-order valence-electron chi connectivity index (χ1n) is 6.07. The molecule has 0 amide bonds. The Balaban J connectivity index is 1.88. The van der Waals surface area contributed by atoms with Crippen LogP contribution < -0.4 is 0 Å². The van der Waals surface area contributed by atoms with Crippen LogP contribution >= 0.6 is 0 Å². The summed E-state index contributed by atoms with van der Waals surface area (Å²) >= 11 is 0. The van der Waals surface area contributed by atoms with Gasteiger partial charge in [0, 0.05) is 0 Å². The van der Waals surface area contributed by atoms with Crippen molar-refractivity contribution in [2.24, 2.45) is 5.92 Å². The van der Waals surface area contributed by atoms with E-state index in [1.165, 1.54) is 25.7 Å². The maximum atomic E-state index is 11.0. The largest absolute Gasteiger partial charge is 0.461 e. The van der Waals surface area contributed by atoms with Gasteiger partial charge in [-0.15, -0.1) is 6.58 Å². The number of rotatable bonds is 8. The second-order valence-electron chi connectivity index (χ2n) is 4.38. The molecular formula is C13H22O2. The second-order valence-corrected chi connectivity index (χ2v) is 4.38. The average molecular weight is 210 g/mol. The molecular weight excluding hydrogens is 188 g/mol. The van der Waals surface area contributed by atoms with Crippen LogP contribution in [0.1, 0.15) is 51.9 Å². The van der Waals surface area contributed by atoms with Crippen LogP contribution in [0.2, 0.25) is 0 Å². The lowest BCUT2D eigenvalue weighted by Gasteiger charge is -2.32. The SMILES string of the molecule is C=CCCCCCCCC1C(=O)OC1C. The highest BCUT2D eigenvalue weighted by molar-refractivity contribution is 5.78. The number of cyclic esters (lactones) is 1. The Morgan fingerprint density at radius 3 is 2.53 bits per heavy atom. The van der Waals surface area contributed by atoms with Gasteiger partial charge in [-0.2, -0.15) is 0 Å². The zero-order valence-corrected chi connectivity index (χ0v) is 9.71. The Morgan fingerprint density at radius 1 is 1.27 bits per heavy atom. The van der Waals surface area contributed by atoms with Crippen LogP contribution in [0.3, 0.4) is 0 Å². The molecule has 1 heterocycles. The summed E-state index contributed by atoms with van der Waals surface area (Å²) in [6, 6.07) is 0. The number of carbonyl (C=O) groups excluding carboxylic acids is 1. The molecule has 0 aromatic heterocycles. The number of hydrogen-bond acceptors (Lipinski definition) is 2. The van der Waals surface area contributed by atoms with Crippen molar-refractivity contribution < 1.29 is 9.53 Å². The fraction of sp³-hybridized carbons (Fsp3) is 0.769. The van der Waals surface area contributed by atoms with Gasteiger partial charge in [-0.25, -0.2) is 0 Å². The predicted molar refractivity (Wildman–Crippen MR) is 61.6 cm³/mol. The summed E-state index contributed by atoms with van der Waals surface area (Å²) in [5, 5.41) is 0. The first-order chi connectivity index (χ1) is 7.25. The molecule has 86 valence electrons. The summed E-state index contributed by atoms with van der Waals surface area (Å²) < 4.78 is 4.91. The van der Waals surface area contributed by atoms with Crippen LogP contribution in [-0.2, 0) is 9.53 Å². The van der Waals surface area contributed by atoms with Gasteiger partial charge < -0.3 is 4.74 Å². The molecule has 0 aromatic rings. The van der Waals surface area contributed by atoms with Crippen LogP contribution in [0.25, 0.3) is 0 Å². The lowest BCUT2D eigenvalue weighted by atomic mass is 9.92. The third-order valence-corrected chi connectivity index (χ3v) is 3.09. The summed E-state index contributed by atoms with van der Waals surface area (Å²) in [7, 11) is 0. The lowest BCUT2D eigenvalue weighted by Crippen LogP contribution is -2.42. The molecule has 1 saturated heterocycles. The Kier molecular flexibility index (Phi) is 5.44. The van der Waals surface area contributed by atoms with E-state index >= 15 is 0 Å². The molecule has 1 fully saturated rings. The lowest BCUT2D eigenvalue weighted by molar-refractivity contribution is -0.182. The van der Waals surface area contributed by atoms with Gasteiger partial charge in [0.1, 0.15) is 6.10 Å². The number of unbranched alkanes of at least 4 members (excludes halogenated alkanes) is 5. The minimum Gasteiger partial charge on any atom is -0.461 e. The first-order valence-corrected chi connectivity index (χ1v) is 6.07. The van der Waals surface area contributed by atoms with Crippen molar-refractivity contribution in [3.63, 3.8) is 0 Å². The maximum absolute atomic E-state index is 11.0. The van der Waals surface area contributed by atoms with Crippen molar-refractivity contribution in [3.8, 4) is 0 Å². The number of carbonyl (C=O) groups is 1. The number of hydrogen-bond donors (Lipinski definition) is 0. The molecule has 15 heavy (non-hydrogen) atoms. The molecule has 2 atom stereocenters. The molecule has 0 aromatic carbocycles. The second kappa shape index (κ2) is 6.65. The normalized spacial score (nSPS) is 24.5. The highest BCUT2D eigenvalue weighted by Crippen LogP contribution is 2.27. The van der Waals surface area contributed by atoms with Crippen LogP contribution in [0.4, 0.5) is 0 Å². The summed E-state index contributed by atoms with van der Waals surface area (Å²) in [6.07, 6.45) is 10.5. The topological polar surface area (TPSA) is 26.3 Å². The van der Waals surface area contributed by atoms with Crippen molar-refractivity contribution in [1.82, 2.24) is 0 Å². The van der Waals surface area contributed by atoms with Gasteiger partial charge in [-0.05, 0) is 26.2 Å². The van der Waals surface area contributed by atoms with E-state index in [-0.39, 0.29) is 18.0 Å². The fourth-order valence-electron chi connectivity index (χ4n) is 2.01. The van der Waals surface area contributed by atoms with Gasteiger partial charge in [0.15, 0.2) is 0 Å². The molecule has 0 saturated carbocycles. The van der Waals surface area contributed by atoms with E-state index < -0.39 is 0 Å². The molecule has 2 unspecified atom stereocenters. The zero-order valence-electron chi connectivity index (χ0n) is 9.71. The Morgan fingerprint density at radius 2 is 1.93 bits per heavy atom. The van der Waals surface area contributed by atoms with Gasteiger partial charge in [0.05, 0.1) is 5.92 Å². The summed E-state index contributed by atoms with van der Waals surface area (Å²) in [5.74, 6) is 0.201. The standard InChI is InChI=1S/C13H22O2/c1-3-4-5-6-7-8-9-10-12-11(2)15-13(12)14/h3,11-12H,1,4-10H2,2H3. The Bertz CT molecular complexity index is 211. The highest BCUT2D eigenvalue weighted by atomic mass is 16.6. The van der Waals surface area contributed by atoms with Crippen molar-refractivity contribution in [2.45, 2.75) is 58.0 Å². The molecule has 1 rings (SSSR count). The third kappa shape index (κ3) is 4.06. The molecule has 0 aliphatic carbocycles. The van der Waals surface area contributed by atoms with E-state index in [0.29, 0.717) is 0 Å². The van der Waals surface area contributed by atoms with E-state index in [0.717, 1.165) is 19.3 Å². The molecule has 1 aliphatic heterocycles. The molecule has 0 bridgehead atoms. The van der Waals surface area contributed by atoms with Crippen molar-refractivity contribution in [3.05, 3.63) is 12.7 Å². The van der Waals surface area contributed by atoms with E-state index in [1.807, 2.05) is 13.0 Å². The van der Waals surface area contributed by atoms with Crippen molar-refractivity contribution in [1.29, 1.82) is 0 Å². The minimum atomic E-state index is 0.00848. The van der Waals surface area contributed by atoms with Crippen molar-refractivity contribution >= 4 is 5.97 Å². The van der Waals surface area contributed by atoms with Crippen LogP contribution in [-0.4, -0.2) is 12.1 Å². The zero-order chi connectivity index (χ0) is 11.1. The van der Waals surface area contributed by atoms with E-state index in [1.54, 1.807) is 0 Å². The average Bonchev–Trinajstić information content (AvgIpc) is 2.22. The Labute approximate surface area is 92.7 Å². The summed E-state index contributed by atoms with van der Waals surface area (Å²) in [5.41, 5.74) is 0. The smallest absolute Gasteiger partial charge is 0.312 e. The van der Waals surface area contributed by atoms with E-state index in [2.05, 4.69) is 6.58 Å². The van der Waals surface area contributed by atoms with Crippen molar-refractivity contribution in [2.75, 3.05) is 0 Å². The third-order valence-electron chi connectivity index (χ3n) is 3.09. The summed E-state index contributed by atoms with van der Waals surface area (Å²) in [4.78, 5) is 11.0. The molecule has 0 N–H and O–H groups in total. The number of esters is 1. The first kappa shape index (κ1) is 12.3. The van der Waals surface area contributed by atoms with Gasteiger partial charge >= 0.3 is 5.97 Å². The predicted octanol–water partition coefficient (Wildman–Crippen LogP) is 3.46. The summed E-state index contributed by atoms with van der Waals surface area (Å²) in [6.45, 7) is 5.68. The van der Waals surface area contributed by atoms with Gasteiger partial charge in [0.25, 0.3) is 0 Å². The molecule has 0 spiro atoms. The van der Waals surface area contributed by atoms with Crippen LogP contribution in [0, 0.1) is 5.92 Å². The van der Waals surface area contributed by atoms with Crippen LogP contribution in [0.15, 0.2) is 12.7 Å². The van der Waals surface area contributed by atoms with Gasteiger partial charge in [-0.1, -0.05) is 31.8 Å². The Hall–Kier alpha value is -0.790. The minimum absolute atomic E-state index is 0.00848. The monoisotopic (exact) mass is 210 g/mol. The molecule has 1 aliphatic rings. The molecule has 2 heteroatoms. The van der Waals surface area contributed by atoms with Gasteiger partial charge in [-0.3, -0.25) is 4.79 Å².